The molecule has 156 valence electrons. The zero-order valence-corrected chi connectivity index (χ0v) is 17.4. The first kappa shape index (κ1) is 20.5. The second kappa shape index (κ2) is 8.93. The van der Waals surface area contributed by atoms with Crippen molar-refractivity contribution in [3.8, 4) is 5.75 Å². The molecule has 0 radical (unpaired) electrons. The number of carbonyl (C=O) groups is 2. The summed E-state index contributed by atoms with van der Waals surface area (Å²) >= 11 is 6.00. The molecule has 4 aromatic rings. The average molecular weight is 435 g/mol. The minimum absolute atomic E-state index is 0.00506. The van der Waals surface area contributed by atoms with Crippen LogP contribution in [0.1, 0.15) is 27.8 Å². The predicted molar refractivity (Wildman–Crippen MR) is 121 cm³/mol. The Kier molecular flexibility index (Phi) is 5.91. The number of rotatable bonds is 6. The zero-order chi connectivity index (χ0) is 21.8. The molecule has 0 saturated heterocycles. The molecule has 0 aliphatic carbocycles. The van der Waals surface area contributed by atoms with E-state index in [-0.39, 0.29) is 5.76 Å². The van der Waals surface area contributed by atoms with Crippen molar-refractivity contribution in [3.63, 3.8) is 0 Å². The summed E-state index contributed by atoms with van der Waals surface area (Å²) in [5.41, 5.74) is 1.72. The van der Waals surface area contributed by atoms with Gasteiger partial charge >= 0.3 is 0 Å². The highest BCUT2D eigenvalue weighted by atomic mass is 35.5. The number of amides is 2. The van der Waals surface area contributed by atoms with Crippen LogP contribution in [0.4, 0.5) is 11.4 Å². The summed E-state index contributed by atoms with van der Waals surface area (Å²) < 4.78 is 11.2. The summed E-state index contributed by atoms with van der Waals surface area (Å²) in [6, 6.07) is 20.7. The van der Waals surface area contributed by atoms with Crippen LogP contribution in [0.5, 0.6) is 5.75 Å². The number of ether oxygens (including phenoxy) is 1. The number of anilines is 2. The Morgan fingerprint density at radius 1 is 0.935 bits per heavy atom. The number of para-hydroxylation sites is 1. The smallest absolute Gasteiger partial charge is 0.293 e. The van der Waals surface area contributed by atoms with Gasteiger partial charge in [-0.1, -0.05) is 29.8 Å². The third kappa shape index (κ3) is 4.54. The highest BCUT2D eigenvalue weighted by molar-refractivity contribution is 6.31. The molecular weight excluding hydrogens is 416 g/mol. The van der Waals surface area contributed by atoms with Gasteiger partial charge in [-0.15, -0.1) is 0 Å². The number of nitrogens with one attached hydrogen (secondary N) is 2. The van der Waals surface area contributed by atoms with E-state index in [9.17, 15) is 9.59 Å². The lowest BCUT2D eigenvalue weighted by atomic mass is 10.1. The fraction of sp³-hybridized carbons (Fsp3) is 0.0833. The Morgan fingerprint density at radius 3 is 2.45 bits per heavy atom. The van der Waals surface area contributed by atoms with E-state index in [0.29, 0.717) is 45.3 Å². The number of hydrogen-bond donors (Lipinski definition) is 2. The molecule has 1 aromatic heterocycles. The van der Waals surface area contributed by atoms with E-state index >= 15 is 0 Å². The molecule has 3 aromatic carbocycles. The Hall–Kier alpha value is -3.77. The van der Waals surface area contributed by atoms with Gasteiger partial charge in [0, 0.05) is 21.7 Å². The van der Waals surface area contributed by atoms with Gasteiger partial charge in [-0.05, 0) is 61.5 Å². The highest BCUT2D eigenvalue weighted by Gasteiger charge is 2.23. The van der Waals surface area contributed by atoms with Crippen LogP contribution in [-0.2, 0) is 0 Å². The molecule has 0 aliphatic heterocycles. The number of carbonyl (C=O) groups excluding carboxylic acids is 2. The van der Waals surface area contributed by atoms with Crippen LogP contribution in [-0.4, -0.2) is 18.4 Å². The molecular formula is C24H19ClN2O4. The average Bonchev–Trinajstić information content (AvgIpc) is 3.14. The first-order chi connectivity index (χ1) is 15.0. The lowest BCUT2D eigenvalue weighted by Gasteiger charge is -2.08. The number of hydrogen-bond acceptors (Lipinski definition) is 4. The first-order valence-corrected chi connectivity index (χ1v) is 10.1. The highest BCUT2D eigenvalue weighted by Crippen LogP contribution is 2.32. The lowest BCUT2D eigenvalue weighted by molar-refractivity contribution is 0.0999. The minimum atomic E-state index is -0.484. The van der Waals surface area contributed by atoms with Crippen molar-refractivity contribution in [3.05, 3.63) is 89.1 Å². The molecule has 6 nitrogen and oxygen atoms in total. The molecule has 0 spiro atoms. The molecule has 2 N–H and O–H groups in total. The van der Waals surface area contributed by atoms with Crippen molar-refractivity contribution in [2.24, 2.45) is 0 Å². The fourth-order valence-electron chi connectivity index (χ4n) is 3.13. The van der Waals surface area contributed by atoms with E-state index in [0.717, 1.165) is 0 Å². The summed E-state index contributed by atoms with van der Waals surface area (Å²) in [5, 5.41) is 6.65. The van der Waals surface area contributed by atoms with Crippen LogP contribution < -0.4 is 15.4 Å². The molecule has 7 heteroatoms. The van der Waals surface area contributed by atoms with Gasteiger partial charge in [-0.3, -0.25) is 9.59 Å². The Labute approximate surface area is 183 Å². The molecule has 0 aliphatic rings. The monoisotopic (exact) mass is 434 g/mol. The van der Waals surface area contributed by atoms with Crippen molar-refractivity contribution < 1.29 is 18.7 Å². The Balaban J connectivity index is 1.64. The molecule has 2 amide bonds. The number of fused-ring (bicyclic) bond motifs is 1. The Bertz CT molecular complexity index is 1250. The summed E-state index contributed by atoms with van der Waals surface area (Å²) in [5.74, 6) is -0.171. The van der Waals surface area contributed by atoms with Crippen LogP contribution in [0.2, 0.25) is 5.02 Å². The van der Waals surface area contributed by atoms with Gasteiger partial charge in [0.1, 0.15) is 17.0 Å². The van der Waals surface area contributed by atoms with Gasteiger partial charge < -0.3 is 19.8 Å². The molecule has 0 atom stereocenters. The molecule has 0 saturated carbocycles. The van der Waals surface area contributed by atoms with Crippen LogP contribution >= 0.6 is 11.6 Å². The summed E-state index contributed by atoms with van der Waals surface area (Å²) in [6.07, 6.45) is 0. The number of furan rings is 1. The molecule has 0 unspecified atom stereocenters. The second-order valence-electron chi connectivity index (χ2n) is 6.68. The maximum atomic E-state index is 13.0. The molecule has 31 heavy (non-hydrogen) atoms. The van der Waals surface area contributed by atoms with Crippen molar-refractivity contribution in [1.82, 2.24) is 0 Å². The standard InChI is InChI=1S/C24H19ClN2O4/c1-2-30-18-12-10-17(11-13-18)26-24(29)22-21(19-8-3-4-9-20(19)31-22)27-23(28)15-6-5-7-16(25)14-15/h3-14H,2H2,1H3,(H,26,29)(H,27,28). The fourth-order valence-corrected chi connectivity index (χ4v) is 3.32. The van der Waals surface area contributed by atoms with E-state index in [1.165, 1.54) is 0 Å². The molecule has 0 bridgehead atoms. The zero-order valence-electron chi connectivity index (χ0n) is 16.6. The lowest BCUT2D eigenvalue weighted by Crippen LogP contribution is -2.17. The summed E-state index contributed by atoms with van der Waals surface area (Å²) in [7, 11) is 0. The van der Waals surface area contributed by atoms with Crippen molar-refractivity contribution >= 4 is 45.8 Å². The minimum Gasteiger partial charge on any atom is -0.494 e. The third-order valence-corrected chi connectivity index (χ3v) is 4.79. The van der Waals surface area contributed by atoms with Crippen molar-refractivity contribution in [1.29, 1.82) is 0 Å². The van der Waals surface area contributed by atoms with Crippen molar-refractivity contribution in [2.75, 3.05) is 17.2 Å². The van der Waals surface area contributed by atoms with Gasteiger partial charge in [0.2, 0.25) is 5.76 Å². The molecule has 1 heterocycles. The van der Waals surface area contributed by atoms with E-state index in [4.69, 9.17) is 20.8 Å². The Morgan fingerprint density at radius 2 is 1.71 bits per heavy atom. The SMILES string of the molecule is CCOc1ccc(NC(=O)c2oc3ccccc3c2NC(=O)c2cccc(Cl)c2)cc1. The van der Waals surface area contributed by atoms with E-state index in [1.807, 2.05) is 6.92 Å². The maximum Gasteiger partial charge on any atom is 0.293 e. The summed E-state index contributed by atoms with van der Waals surface area (Å²) in [6.45, 7) is 2.46. The first-order valence-electron chi connectivity index (χ1n) is 9.68. The molecule has 4 rings (SSSR count). The van der Waals surface area contributed by atoms with Crippen LogP contribution in [0.15, 0.2) is 77.2 Å². The predicted octanol–water partition coefficient (Wildman–Crippen LogP) is 5.99. The number of benzene rings is 3. The van der Waals surface area contributed by atoms with Crippen LogP contribution in [0.3, 0.4) is 0 Å². The normalized spacial score (nSPS) is 10.6. The van der Waals surface area contributed by atoms with Gasteiger partial charge in [-0.25, -0.2) is 0 Å². The molecule has 0 fully saturated rings. The third-order valence-electron chi connectivity index (χ3n) is 4.55. The van der Waals surface area contributed by atoms with E-state index in [1.54, 1.807) is 72.8 Å². The van der Waals surface area contributed by atoms with E-state index < -0.39 is 11.8 Å². The van der Waals surface area contributed by atoms with Crippen LogP contribution in [0.25, 0.3) is 11.0 Å². The maximum absolute atomic E-state index is 13.0. The second-order valence-corrected chi connectivity index (χ2v) is 7.11. The van der Waals surface area contributed by atoms with E-state index in [2.05, 4.69) is 10.6 Å². The largest absolute Gasteiger partial charge is 0.494 e. The van der Waals surface area contributed by atoms with Gasteiger partial charge in [-0.2, -0.15) is 0 Å². The quantitative estimate of drug-likeness (QED) is 0.390. The van der Waals surface area contributed by atoms with Crippen molar-refractivity contribution in [2.45, 2.75) is 6.92 Å². The summed E-state index contributed by atoms with van der Waals surface area (Å²) in [4.78, 5) is 25.8. The number of halogens is 1. The van der Waals surface area contributed by atoms with Gasteiger partial charge in [0.05, 0.1) is 6.61 Å². The van der Waals surface area contributed by atoms with Crippen LogP contribution in [0, 0.1) is 0 Å². The topological polar surface area (TPSA) is 80.6 Å². The van der Waals surface area contributed by atoms with Gasteiger partial charge in [0.25, 0.3) is 11.8 Å². The van der Waals surface area contributed by atoms with Gasteiger partial charge in [0.15, 0.2) is 0 Å².